The van der Waals surface area contributed by atoms with Crippen molar-refractivity contribution < 1.29 is 14.3 Å². The summed E-state index contributed by atoms with van der Waals surface area (Å²) in [5, 5.41) is 9.12. The van der Waals surface area contributed by atoms with Crippen LogP contribution in [0.25, 0.3) is 0 Å². The number of rotatable bonds is 4. The highest BCUT2D eigenvalue weighted by Gasteiger charge is 2.41. The lowest BCUT2D eigenvalue weighted by molar-refractivity contribution is -0.147. The molecule has 0 aromatic rings. The molecule has 0 fully saturated rings. The largest absolute Gasteiger partial charge is 0.479 e. The Balaban J connectivity index is 4.75. The quantitative estimate of drug-likeness (QED) is 0.758. The van der Waals surface area contributed by atoms with Crippen molar-refractivity contribution in [1.29, 1.82) is 0 Å². The van der Waals surface area contributed by atoms with Gasteiger partial charge in [-0.15, -0.1) is 0 Å². The minimum atomic E-state index is -1.97. The third kappa shape index (κ3) is 3.95. The molecular formula is C11H24O3Si. The Kier molecular flexibility index (Phi) is 4.55. The zero-order valence-corrected chi connectivity index (χ0v) is 11.9. The van der Waals surface area contributed by atoms with Gasteiger partial charge in [0.1, 0.15) is 6.10 Å². The van der Waals surface area contributed by atoms with E-state index in [1.165, 1.54) is 0 Å². The second-order valence-corrected chi connectivity index (χ2v) is 10.6. The van der Waals surface area contributed by atoms with Gasteiger partial charge in [-0.25, -0.2) is 4.79 Å². The van der Waals surface area contributed by atoms with E-state index < -0.39 is 20.4 Å². The highest BCUT2D eigenvalue weighted by molar-refractivity contribution is 6.74. The van der Waals surface area contributed by atoms with E-state index in [0.29, 0.717) is 0 Å². The molecule has 90 valence electrons. The molecule has 0 aliphatic carbocycles. The van der Waals surface area contributed by atoms with Gasteiger partial charge in [-0.3, -0.25) is 0 Å². The van der Waals surface area contributed by atoms with Crippen molar-refractivity contribution in [2.45, 2.75) is 58.9 Å². The molecule has 1 N–H and O–H groups in total. The Morgan fingerprint density at radius 1 is 1.27 bits per heavy atom. The van der Waals surface area contributed by atoms with E-state index in [1.807, 2.05) is 13.8 Å². The third-order valence-electron chi connectivity index (χ3n) is 3.08. The van der Waals surface area contributed by atoms with Crippen molar-refractivity contribution in [3.05, 3.63) is 0 Å². The van der Waals surface area contributed by atoms with Gasteiger partial charge in [-0.2, -0.15) is 0 Å². The van der Waals surface area contributed by atoms with E-state index in [9.17, 15) is 4.79 Å². The molecule has 0 rings (SSSR count). The van der Waals surface area contributed by atoms with Crippen molar-refractivity contribution in [1.82, 2.24) is 0 Å². The fraction of sp³-hybridized carbons (Fsp3) is 0.909. The van der Waals surface area contributed by atoms with Gasteiger partial charge in [0.2, 0.25) is 0 Å². The van der Waals surface area contributed by atoms with Crippen LogP contribution in [0.5, 0.6) is 0 Å². The summed E-state index contributed by atoms with van der Waals surface area (Å²) < 4.78 is 5.86. The van der Waals surface area contributed by atoms with Gasteiger partial charge in [-0.05, 0) is 24.1 Å². The number of hydrogen-bond donors (Lipinski definition) is 1. The van der Waals surface area contributed by atoms with Crippen molar-refractivity contribution in [3.63, 3.8) is 0 Å². The second-order valence-electron chi connectivity index (χ2n) is 5.88. The molecule has 0 aliphatic heterocycles. The molecule has 0 aromatic heterocycles. The van der Waals surface area contributed by atoms with Gasteiger partial charge in [0.05, 0.1) is 0 Å². The first-order valence-electron chi connectivity index (χ1n) is 5.39. The van der Waals surface area contributed by atoms with Gasteiger partial charge in [0.15, 0.2) is 8.32 Å². The molecule has 1 atom stereocenters. The Morgan fingerprint density at radius 2 is 1.67 bits per heavy atom. The predicted octanol–water partition coefficient (Wildman–Crippen LogP) is 3.12. The van der Waals surface area contributed by atoms with Crippen LogP contribution in [0.15, 0.2) is 0 Å². The maximum absolute atomic E-state index is 11.0. The van der Waals surface area contributed by atoms with Crippen LogP contribution in [0.3, 0.4) is 0 Å². The van der Waals surface area contributed by atoms with E-state index in [1.54, 1.807) is 0 Å². The standard InChI is InChI=1S/C11H24O3Si/c1-8(2)9(10(12)13)14-15(6,7)11(3,4)5/h8-9H,1-7H3,(H,12,13)/t9-/m0/s1. The molecule has 0 saturated heterocycles. The fourth-order valence-corrected chi connectivity index (χ4v) is 2.33. The highest BCUT2D eigenvalue weighted by Crippen LogP contribution is 2.38. The van der Waals surface area contributed by atoms with Crippen molar-refractivity contribution in [3.8, 4) is 0 Å². The minimum absolute atomic E-state index is 0.0108. The molecule has 0 amide bonds. The zero-order valence-electron chi connectivity index (χ0n) is 10.9. The Morgan fingerprint density at radius 3 is 1.87 bits per heavy atom. The van der Waals surface area contributed by atoms with Crippen LogP contribution in [-0.4, -0.2) is 25.5 Å². The lowest BCUT2D eigenvalue weighted by atomic mass is 10.1. The van der Waals surface area contributed by atoms with Crippen LogP contribution in [-0.2, 0) is 9.22 Å². The zero-order chi connectivity index (χ0) is 12.4. The monoisotopic (exact) mass is 232 g/mol. The summed E-state index contributed by atoms with van der Waals surface area (Å²) >= 11 is 0. The highest BCUT2D eigenvalue weighted by atomic mass is 28.4. The second kappa shape index (κ2) is 4.66. The van der Waals surface area contributed by atoms with Gasteiger partial charge in [-0.1, -0.05) is 34.6 Å². The average molecular weight is 232 g/mol. The van der Waals surface area contributed by atoms with Gasteiger partial charge in [0, 0.05) is 0 Å². The number of aliphatic carboxylic acids is 1. The van der Waals surface area contributed by atoms with Crippen LogP contribution in [0.4, 0.5) is 0 Å². The molecule has 0 spiro atoms. The lowest BCUT2D eigenvalue weighted by Crippen LogP contribution is -2.47. The van der Waals surface area contributed by atoms with Crippen LogP contribution < -0.4 is 0 Å². The van der Waals surface area contributed by atoms with Crippen molar-refractivity contribution in [2.75, 3.05) is 0 Å². The summed E-state index contributed by atoms with van der Waals surface area (Å²) in [6.07, 6.45) is -0.675. The van der Waals surface area contributed by atoms with Gasteiger partial charge in [0.25, 0.3) is 0 Å². The van der Waals surface area contributed by atoms with Crippen molar-refractivity contribution in [2.24, 2.45) is 5.92 Å². The number of hydrogen-bond acceptors (Lipinski definition) is 2. The summed E-state index contributed by atoms with van der Waals surface area (Å²) in [4.78, 5) is 11.0. The third-order valence-corrected chi connectivity index (χ3v) is 7.53. The molecule has 0 bridgehead atoms. The predicted molar refractivity (Wildman–Crippen MR) is 64.5 cm³/mol. The number of carboxylic acids is 1. The summed E-state index contributed by atoms with van der Waals surface area (Å²) in [6.45, 7) is 14.2. The van der Waals surface area contributed by atoms with Crippen LogP contribution in [0.1, 0.15) is 34.6 Å². The molecule has 4 heteroatoms. The Labute approximate surface area is 94.0 Å². The van der Waals surface area contributed by atoms with Crippen molar-refractivity contribution >= 4 is 14.3 Å². The van der Waals surface area contributed by atoms with E-state index in [-0.39, 0.29) is 11.0 Å². The molecule has 0 radical (unpaired) electrons. The average Bonchev–Trinajstić information content (AvgIpc) is 1.96. The first-order valence-corrected chi connectivity index (χ1v) is 8.30. The first-order chi connectivity index (χ1) is 6.49. The summed E-state index contributed by atoms with van der Waals surface area (Å²) in [5.74, 6) is -0.841. The normalized spacial score (nSPS) is 15.5. The van der Waals surface area contributed by atoms with Gasteiger partial charge >= 0.3 is 5.97 Å². The molecule has 0 aliphatic rings. The minimum Gasteiger partial charge on any atom is -0.479 e. The van der Waals surface area contributed by atoms with Crippen LogP contribution in [0, 0.1) is 5.92 Å². The molecule has 0 heterocycles. The van der Waals surface area contributed by atoms with E-state index >= 15 is 0 Å². The fourth-order valence-electron chi connectivity index (χ4n) is 0.966. The lowest BCUT2D eigenvalue weighted by Gasteiger charge is -2.39. The molecule has 0 saturated carbocycles. The van der Waals surface area contributed by atoms with Crippen LogP contribution in [0.2, 0.25) is 18.1 Å². The van der Waals surface area contributed by atoms with Crippen LogP contribution >= 0.6 is 0 Å². The summed E-state index contributed by atoms with van der Waals surface area (Å²) in [7, 11) is -1.97. The smallest absolute Gasteiger partial charge is 0.331 e. The Hall–Kier alpha value is -0.353. The molecule has 0 aromatic carbocycles. The maximum Gasteiger partial charge on any atom is 0.331 e. The number of carboxylic acid groups (broad SMARTS) is 1. The van der Waals surface area contributed by atoms with E-state index in [0.717, 1.165) is 0 Å². The molecule has 0 unspecified atom stereocenters. The Bertz CT molecular complexity index is 228. The molecule has 15 heavy (non-hydrogen) atoms. The molecular weight excluding hydrogens is 208 g/mol. The summed E-state index contributed by atoms with van der Waals surface area (Å²) in [5.41, 5.74) is 0. The van der Waals surface area contributed by atoms with E-state index in [4.69, 9.17) is 9.53 Å². The number of carbonyl (C=O) groups is 1. The SMILES string of the molecule is CC(C)[C@H](O[Si](C)(C)C(C)(C)C)C(=O)O. The summed E-state index contributed by atoms with van der Waals surface area (Å²) in [6, 6.07) is 0. The maximum atomic E-state index is 11.0. The van der Waals surface area contributed by atoms with E-state index in [2.05, 4.69) is 33.9 Å². The first kappa shape index (κ1) is 14.6. The topological polar surface area (TPSA) is 46.5 Å². The molecule has 3 nitrogen and oxygen atoms in total. The van der Waals surface area contributed by atoms with Gasteiger partial charge < -0.3 is 9.53 Å².